The number of hydrogen-bond donors (Lipinski definition) is 4. The number of imidazole rings is 1. The molecule has 6 nitrogen and oxygen atoms in total. The van der Waals surface area contributed by atoms with Crippen LogP contribution in [0.1, 0.15) is 29.3 Å². The number of nitrogen functional groups attached to an aromatic ring is 1. The van der Waals surface area contributed by atoms with Crippen molar-refractivity contribution in [3.05, 3.63) is 108 Å². The monoisotopic (exact) mass is 423 g/mol. The Balaban J connectivity index is 1.52. The van der Waals surface area contributed by atoms with E-state index in [4.69, 9.17) is 11.1 Å². The highest BCUT2D eigenvalue weighted by Gasteiger charge is 2.20. The van der Waals surface area contributed by atoms with Crippen molar-refractivity contribution in [3.8, 4) is 11.3 Å². The van der Waals surface area contributed by atoms with Crippen molar-refractivity contribution in [2.75, 3.05) is 5.32 Å². The lowest BCUT2D eigenvalue weighted by Crippen LogP contribution is -2.18. The van der Waals surface area contributed by atoms with Gasteiger partial charge in [0.2, 0.25) is 5.91 Å². The molecule has 0 aliphatic rings. The molecule has 1 aromatic heterocycles. The maximum absolute atomic E-state index is 12.9. The first-order valence-corrected chi connectivity index (χ1v) is 10.5. The first kappa shape index (κ1) is 21.1. The summed E-state index contributed by atoms with van der Waals surface area (Å²) in [6.45, 7) is 0. The van der Waals surface area contributed by atoms with Crippen LogP contribution in [0, 0.1) is 5.41 Å². The predicted molar refractivity (Wildman–Crippen MR) is 128 cm³/mol. The third-order valence-electron chi connectivity index (χ3n) is 5.30. The van der Waals surface area contributed by atoms with Gasteiger partial charge in [-0.1, -0.05) is 60.7 Å². The van der Waals surface area contributed by atoms with Gasteiger partial charge in [-0.25, -0.2) is 4.98 Å². The lowest BCUT2D eigenvalue weighted by atomic mass is 9.95. The summed E-state index contributed by atoms with van der Waals surface area (Å²) in [4.78, 5) is 20.9. The number of nitrogens with zero attached hydrogens (tertiary/aromatic N) is 1. The number of amidine groups is 1. The number of hydrogen-bond acceptors (Lipinski definition) is 3. The molecule has 0 aliphatic heterocycles. The molecule has 1 atom stereocenters. The van der Waals surface area contributed by atoms with Gasteiger partial charge in [0.05, 0.1) is 11.9 Å². The van der Waals surface area contributed by atoms with Crippen molar-refractivity contribution in [2.24, 2.45) is 5.73 Å². The molecule has 0 fully saturated rings. The van der Waals surface area contributed by atoms with Crippen LogP contribution in [0.5, 0.6) is 0 Å². The minimum Gasteiger partial charge on any atom is -0.384 e. The Hall–Kier alpha value is -4.19. The maximum atomic E-state index is 12.9. The highest BCUT2D eigenvalue weighted by molar-refractivity contribution is 5.96. The number of amides is 1. The van der Waals surface area contributed by atoms with Crippen molar-refractivity contribution in [2.45, 2.75) is 18.8 Å². The van der Waals surface area contributed by atoms with Gasteiger partial charge in [-0.05, 0) is 41.8 Å². The summed E-state index contributed by atoms with van der Waals surface area (Å²) in [7, 11) is 0. The van der Waals surface area contributed by atoms with Crippen molar-refractivity contribution in [1.29, 1.82) is 5.41 Å². The molecule has 0 spiro atoms. The number of nitrogens with one attached hydrogen (secondary N) is 3. The topological polar surface area (TPSA) is 108 Å². The second kappa shape index (κ2) is 9.75. The van der Waals surface area contributed by atoms with Crippen LogP contribution >= 0.6 is 0 Å². The number of benzene rings is 3. The van der Waals surface area contributed by atoms with Crippen LogP contribution in [0.2, 0.25) is 0 Å². The van der Waals surface area contributed by atoms with Crippen LogP contribution in [0.15, 0.2) is 91.1 Å². The summed E-state index contributed by atoms with van der Waals surface area (Å²) >= 11 is 0. The molecule has 32 heavy (non-hydrogen) atoms. The third kappa shape index (κ3) is 5.29. The van der Waals surface area contributed by atoms with E-state index in [-0.39, 0.29) is 24.1 Å². The maximum Gasteiger partial charge on any atom is 0.225 e. The summed E-state index contributed by atoms with van der Waals surface area (Å²) in [5, 5.41) is 10.4. The molecular formula is C26H25N5O. The fourth-order valence-electron chi connectivity index (χ4n) is 3.64. The van der Waals surface area contributed by atoms with Crippen LogP contribution < -0.4 is 11.1 Å². The van der Waals surface area contributed by atoms with E-state index in [1.807, 2.05) is 54.7 Å². The molecule has 6 heteroatoms. The number of aromatic amines is 1. The van der Waals surface area contributed by atoms with E-state index in [0.717, 1.165) is 22.6 Å². The molecule has 160 valence electrons. The van der Waals surface area contributed by atoms with E-state index in [0.29, 0.717) is 17.7 Å². The smallest absolute Gasteiger partial charge is 0.225 e. The summed E-state index contributed by atoms with van der Waals surface area (Å²) < 4.78 is 0. The van der Waals surface area contributed by atoms with Crippen LogP contribution in [0.25, 0.3) is 11.3 Å². The standard InChI is InChI=1S/C26H25N5O/c27-25(28)20-11-13-22(14-12-20)30-24(32)16-21(15-18-7-3-1-4-8-18)26-29-17-23(31-26)19-9-5-2-6-10-19/h1-14,17,21H,15-16H2,(H3,27,28)(H,29,31)(H,30,32). The first-order valence-electron chi connectivity index (χ1n) is 10.5. The number of nitrogens with two attached hydrogens (primary N) is 1. The molecule has 1 unspecified atom stereocenters. The van der Waals surface area contributed by atoms with Gasteiger partial charge in [0, 0.05) is 23.6 Å². The highest BCUT2D eigenvalue weighted by atomic mass is 16.1. The average molecular weight is 424 g/mol. The van der Waals surface area contributed by atoms with Gasteiger partial charge in [-0.15, -0.1) is 0 Å². The summed E-state index contributed by atoms with van der Waals surface area (Å²) in [6.07, 6.45) is 2.80. The van der Waals surface area contributed by atoms with Gasteiger partial charge in [0.1, 0.15) is 11.7 Å². The zero-order valence-electron chi connectivity index (χ0n) is 17.6. The fraction of sp³-hybridized carbons (Fsp3) is 0.115. The largest absolute Gasteiger partial charge is 0.384 e. The van der Waals surface area contributed by atoms with Crippen molar-refractivity contribution in [3.63, 3.8) is 0 Å². The van der Waals surface area contributed by atoms with Crippen LogP contribution in [-0.2, 0) is 11.2 Å². The minimum atomic E-state index is -0.105. The number of aromatic nitrogens is 2. The van der Waals surface area contributed by atoms with Gasteiger partial charge >= 0.3 is 0 Å². The van der Waals surface area contributed by atoms with Crippen LogP contribution in [-0.4, -0.2) is 21.7 Å². The minimum absolute atomic E-state index is 0.00200. The Morgan fingerprint density at radius 2 is 1.62 bits per heavy atom. The van der Waals surface area contributed by atoms with E-state index in [1.165, 1.54) is 0 Å². The lowest BCUT2D eigenvalue weighted by Gasteiger charge is -2.15. The van der Waals surface area contributed by atoms with Gasteiger partial charge in [-0.2, -0.15) is 0 Å². The molecule has 5 N–H and O–H groups in total. The molecule has 0 bridgehead atoms. The van der Waals surface area contributed by atoms with Gasteiger partial charge in [-0.3, -0.25) is 10.2 Å². The Morgan fingerprint density at radius 3 is 2.28 bits per heavy atom. The quantitative estimate of drug-likeness (QED) is 0.243. The Bertz CT molecular complexity index is 1180. The molecule has 3 aromatic carbocycles. The molecule has 4 rings (SSSR count). The number of carbonyl (C=O) groups is 1. The highest BCUT2D eigenvalue weighted by Crippen LogP contribution is 2.26. The van der Waals surface area contributed by atoms with Crippen molar-refractivity contribution >= 4 is 17.4 Å². The number of carbonyl (C=O) groups excluding carboxylic acids is 1. The summed E-state index contributed by atoms with van der Waals surface area (Å²) in [6, 6.07) is 27.1. The molecule has 4 aromatic rings. The Morgan fingerprint density at radius 1 is 0.969 bits per heavy atom. The van der Waals surface area contributed by atoms with Crippen LogP contribution in [0.4, 0.5) is 5.69 Å². The Labute approximate surface area is 187 Å². The van der Waals surface area contributed by atoms with Gasteiger partial charge in [0.25, 0.3) is 0 Å². The molecular weight excluding hydrogens is 398 g/mol. The van der Waals surface area contributed by atoms with Crippen molar-refractivity contribution in [1.82, 2.24) is 9.97 Å². The van der Waals surface area contributed by atoms with Gasteiger partial charge < -0.3 is 16.0 Å². The lowest BCUT2D eigenvalue weighted by molar-refractivity contribution is -0.116. The Kier molecular flexibility index (Phi) is 6.41. The van der Waals surface area contributed by atoms with E-state index in [2.05, 4.69) is 27.4 Å². The first-order chi connectivity index (χ1) is 15.6. The SMILES string of the molecule is N=C(N)c1ccc(NC(=O)CC(Cc2ccccc2)c2ncc(-c3ccccc3)[nH]2)cc1. The summed E-state index contributed by atoms with van der Waals surface area (Å²) in [5.74, 6) is 0.582. The molecule has 0 saturated carbocycles. The zero-order chi connectivity index (χ0) is 22.3. The van der Waals surface area contributed by atoms with Gasteiger partial charge in [0.15, 0.2) is 0 Å². The van der Waals surface area contributed by atoms with E-state index >= 15 is 0 Å². The summed E-state index contributed by atoms with van der Waals surface area (Å²) in [5.41, 5.74) is 9.92. The normalized spacial score (nSPS) is 11.6. The second-order valence-electron chi connectivity index (χ2n) is 7.68. The number of H-pyrrole nitrogens is 1. The molecule has 0 radical (unpaired) electrons. The van der Waals surface area contributed by atoms with E-state index < -0.39 is 0 Å². The zero-order valence-corrected chi connectivity index (χ0v) is 17.6. The predicted octanol–water partition coefficient (Wildman–Crippen LogP) is 4.72. The third-order valence-corrected chi connectivity index (χ3v) is 5.30. The fourth-order valence-corrected chi connectivity index (χ4v) is 3.64. The van der Waals surface area contributed by atoms with E-state index in [1.54, 1.807) is 24.3 Å². The number of rotatable bonds is 8. The average Bonchev–Trinajstić information content (AvgIpc) is 3.31. The molecule has 0 saturated heterocycles. The number of anilines is 1. The molecule has 1 amide bonds. The molecule has 1 heterocycles. The van der Waals surface area contributed by atoms with Crippen LogP contribution in [0.3, 0.4) is 0 Å². The van der Waals surface area contributed by atoms with E-state index in [9.17, 15) is 4.79 Å². The molecule has 0 aliphatic carbocycles. The second-order valence-corrected chi connectivity index (χ2v) is 7.68. The van der Waals surface area contributed by atoms with Crippen molar-refractivity contribution < 1.29 is 4.79 Å².